The van der Waals surface area contributed by atoms with Gasteiger partial charge in [-0.1, -0.05) is 78.9 Å². The van der Waals surface area contributed by atoms with Crippen LogP contribution < -0.4 is 5.32 Å². The molecule has 0 saturated heterocycles. The van der Waals surface area contributed by atoms with Crippen LogP contribution in [0.2, 0.25) is 0 Å². The van der Waals surface area contributed by atoms with Crippen LogP contribution in [0.4, 0.5) is 0 Å². The molecule has 124 valence electrons. The zero-order valence-corrected chi connectivity index (χ0v) is 13.8. The van der Waals surface area contributed by atoms with E-state index in [9.17, 15) is 5.11 Å². The van der Waals surface area contributed by atoms with Crippen molar-refractivity contribution in [2.45, 2.75) is 18.6 Å². The number of hydrogen-bond acceptors (Lipinski definition) is 3. The lowest BCUT2D eigenvalue weighted by Crippen LogP contribution is -2.33. The third-order valence-electron chi connectivity index (χ3n) is 4.58. The second-order valence-electron chi connectivity index (χ2n) is 6.24. The van der Waals surface area contributed by atoms with Gasteiger partial charge >= 0.3 is 0 Å². The Morgan fingerprint density at radius 1 is 0.800 bits per heavy atom. The van der Waals surface area contributed by atoms with E-state index in [2.05, 4.69) is 29.6 Å². The number of para-hydroxylation sites is 1. The van der Waals surface area contributed by atoms with Crippen molar-refractivity contribution >= 4 is 5.71 Å². The highest BCUT2D eigenvalue weighted by Gasteiger charge is 2.27. The topological polar surface area (TPSA) is 44.6 Å². The first-order chi connectivity index (χ1) is 12.3. The van der Waals surface area contributed by atoms with E-state index in [1.807, 2.05) is 54.6 Å². The highest BCUT2D eigenvalue weighted by atomic mass is 16.3. The molecule has 3 aromatic carbocycles. The number of rotatable bonds is 3. The molecule has 0 saturated carbocycles. The summed E-state index contributed by atoms with van der Waals surface area (Å²) >= 11 is 0. The molecule has 1 aliphatic rings. The number of phenolic OH excluding ortho intramolecular Hbond substituents is 1. The average molecular weight is 328 g/mol. The van der Waals surface area contributed by atoms with Crippen molar-refractivity contribution in [3.05, 3.63) is 102 Å². The summed E-state index contributed by atoms with van der Waals surface area (Å²) in [5.74, 6) is 0.320. The maximum Gasteiger partial charge on any atom is 0.126 e. The van der Waals surface area contributed by atoms with E-state index in [0.29, 0.717) is 5.75 Å². The molecule has 2 unspecified atom stereocenters. The van der Waals surface area contributed by atoms with Crippen LogP contribution in [0.3, 0.4) is 0 Å². The quantitative estimate of drug-likeness (QED) is 0.737. The SMILES string of the molecule is Oc1ccccc1C1CC(c2ccccc2)=NC(c2ccccc2)N1. The maximum absolute atomic E-state index is 10.3. The molecule has 1 aliphatic heterocycles. The summed E-state index contributed by atoms with van der Waals surface area (Å²) in [5, 5.41) is 13.9. The van der Waals surface area contributed by atoms with E-state index in [1.165, 1.54) is 0 Å². The molecule has 0 fully saturated rings. The van der Waals surface area contributed by atoms with Crippen LogP contribution in [0.25, 0.3) is 0 Å². The van der Waals surface area contributed by atoms with Gasteiger partial charge in [0.15, 0.2) is 0 Å². The van der Waals surface area contributed by atoms with E-state index in [1.54, 1.807) is 6.07 Å². The highest BCUT2D eigenvalue weighted by Crippen LogP contribution is 2.34. The minimum atomic E-state index is -0.130. The lowest BCUT2D eigenvalue weighted by atomic mass is 9.93. The summed E-state index contributed by atoms with van der Waals surface area (Å²) in [6.07, 6.45) is 0.611. The molecule has 3 aromatic rings. The molecule has 0 spiro atoms. The van der Waals surface area contributed by atoms with Gasteiger partial charge in [-0.25, -0.2) is 0 Å². The third kappa shape index (κ3) is 3.32. The Morgan fingerprint density at radius 3 is 2.16 bits per heavy atom. The minimum Gasteiger partial charge on any atom is -0.508 e. The Morgan fingerprint density at radius 2 is 1.44 bits per heavy atom. The monoisotopic (exact) mass is 328 g/mol. The van der Waals surface area contributed by atoms with E-state index in [0.717, 1.165) is 28.8 Å². The van der Waals surface area contributed by atoms with Crippen molar-refractivity contribution in [3.63, 3.8) is 0 Å². The molecule has 3 nitrogen and oxygen atoms in total. The fourth-order valence-electron chi connectivity index (χ4n) is 3.30. The predicted octanol–water partition coefficient (Wildman–Crippen LogP) is 4.61. The van der Waals surface area contributed by atoms with Gasteiger partial charge in [-0.15, -0.1) is 0 Å². The van der Waals surface area contributed by atoms with Crippen molar-refractivity contribution in [1.29, 1.82) is 0 Å². The predicted molar refractivity (Wildman–Crippen MR) is 101 cm³/mol. The van der Waals surface area contributed by atoms with Crippen molar-refractivity contribution in [1.82, 2.24) is 5.32 Å². The van der Waals surface area contributed by atoms with Crippen LogP contribution in [0.15, 0.2) is 89.9 Å². The number of nitrogens with zero attached hydrogens (tertiary/aromatic N) is 1. The van der Waals surface area contributed by atoms with Crippen molar-refractivity contribution in [2.75, 3.05) is 0 Å². The minimum absolute atomic E-state index is 0.0131. The van der Waals surface area contributed by atoms with Gasteiger partial charge in [0.2, 0.25) is 0 Å². The Bertz CT molecular complexity index is 875. The molecule has 0 amide bonds. The van der Waals surface area contributed by atoms with Gasteiger partial charge in [0, 0.05) is 23.7 Å². The molecule has 0 aromatic heterocycles. The Kier molecular flexibility index (Phi) is 4.32. The number of nitrogens with one attached hydrogen (secondary N) is 1. The number of hydrogen-bond donors (Lipinski definition) is 2. The van der Waals surface area contributed by atoms with Gasteiger partial charge in [-0.05, 0) is 17.2 Å². The normalized spacial score (nSPS) is 20.1. The Labute approximate surface area is 147 Å². The van der Waals surface area contributed by atoms with Crippen LogP contribution in [0.5, 0.6) is 5.75 Å². The first-order valence-corrected chi connectivity index (χ1v) is 8.52. The maximum atomic E-state index is 10.3. The van der Waals surface area contributed by atoms with Gasteiger partial charge in [-0.2, -0.15) is 0 Å². The Hall–Kier alpha value is -2.91. The number of benzene rings is 3. The van der Waals surface area contributed by atoms with Crippen LogP contribution in [-0.2, 0) is 0 Å². The van der Waals surface area contributed by atoms with E-state index >= 15 is 0 Å². The fraction of sp³-hybridized carbons (Fsp3) is 0.136. The number of phenols is 1. The molecule has 1 heterocycles. The Balaban J connectivity index is 1.75. The summed E-state index contributed by atoms with van der Waals surface area (Å²) in [6, 6.07) is 28.0. The van der Waals surface area contributed by atoms with Crippen molar-refractivity contribution in [2.24, 2.45) is 4.99 Å². The lowest BCUT2D eigenvalue weighted by Gasteiger charge is -2.31. The van der Waals surface area contributed by atoms with Crippen LogP contribution >= 0.6 is 0 Å². The fourth-order valence-corrected chi connectivity index (χ4v) is 3.30. The molecule has 4 rings (SSSR count). The van der Waals surface area contributed by atoms with Crippen LogP contribution in [0.1, 0.15) is 35.3 Å². The second kappa shape index (κ2) is 6.91. The molecule has 2 atom stereocenters. The molecule has 2 N–H and O–H groups in total. The third-order valence-corrected chi connectivity index (χ3v) is 4.58. The molecule has 0 aliphatic carbocycles. The summed E-state index contributed by atoms with van der Waals surface area (Å²) in [5.41, 5.74) is 4.22. The standard InChI is InChI=1S/C22H20N2O/c25-21-14-8-7-13-18(21)20-15-19(16-9-3-1-4-10-16)23-22(24-20)17-11-5-2-6-12-17/h1-14,20,22,24-25H,15H2. The molecule has 3 heteroatoms. The first kappa shape index (κ1) is 15.6. The van der Waals surface area contributed by atoms with E-state index in [-0.39, 0.29) is 12.2 Å². The van der Waals surface area contributed by atoms with Gasteiger partial charge in [0.05, 0.1) is 0 Å². The summed E-state index contributed by atoms with van der Waals surface area (Å²) in [4.78, 5) is 4.95. The van der Waals surface area contributed by atoms with Gasteiger partial charge in [0.25, 0.3) is 0 Å². The van der Waals surface area contributed by atoms with Crippen LogP contribution in [-0.4, -0.2) is 10.8 Å². The van der Waals surface area contributed by atoms with Crippen LogP contribution in [0, 0.1) is 0 Å². The highest BCUT2D eigenvalue weighted by molar-refractivity contribution is 6.01. The number of aliphatic imine (C=N–C) groups is 1. The zero-order chi connectivity index (χ0) is 17.1. The summed E-state index contributed by atoms with van der Waals surface area (Å²) in [7, 11) is 0. The lowest BCUT2D eigenvalue weighted by molar-refractivity contribution is 0.413. The zero-order valence-electron chi connectivity index (χ0n) is 13.8. The molecule has 0 radical (unpaired) electrons. The summed E-state index contributed by atoms with van der Waals surface area (Å²) < 4.78 is 0. The van der Waals surface area contributed by atoms with Gasteiger partial charge in [0.1, 0.15) is 11.9 Å². The molecular weight excluding hydrogens is 308 g/mol. The van der Waals surface area contributed by atoms with E-state index < -0.39 is 0 Å². The largest absolute Gasteiger partial charge is 0.508 e. The first-order valence-electron chi connectivity index (χ1n) is 8.52. The molecular formula is C22H20N2O. The average Bonchev–Trinajstić information content (AvgIpc) is 2.69. The van der Waals surface area contributed by atoms with Gasteiger partial charge < -0.3 is 5.11 Å². The van der Waals surface area contributed by atoms with Crippen molar-refractivity contribution < 1.29 is 5.11 Å². The van der Waals surface area contributed by atoms with Gasteiger partial charge in [-0.3, -0.25) is 10.3 Å². The molecule has 25 heavy (non-hydrogen) atoms. The second-order valence-corrected chi connectivity index (χ2v) is 6.24. The van der Waals surface area contributed by atoms with E-state index in [4.69, 9.17) is 4.99 Å². The summed E-state index contributed by atoms with van der Waals surface area (Å²) in [6.45, 7) is 0. The smallest absolute Gasteiger partial charge is 0.126 e. The molecule has 0 bridgehead atoms. The number of aromatic hydroxyl groups is 1. The van der Waals surface area contributed by atoms with Crippen molar-refractivity contribution in [3.8, 4) is 5.75 Å².